The summed E-state index contributed by atoms with van der Waals surface area (Å²) < 4.78 is 70.9. The molecule has 2 aromatic heterocycles. The monoisotopic (exact) mass is 474 g/mol. The van der Waals surface area contributed by atoms with E-state index >= 15 is 8.78 Å². The highest BCUT2D eigenvalue weighted by Crippen LogP contribution is 2.35. The summed E-state index contributed by atoms with van der Waals surface area (Å²) in [7, 11) is -4.03. The molecule has 3 N–H and O–H groups in total. The Bertz CT molecular complexity index is 1550. The fraction of sp³-hybridized carbons (Fsp3) is 0.136. The molecule has 0 aliphatic rings. The Morgan fingerprint density at radius 2 is 1.76 bits per heavy atom. The maximum Gasteiger partial charge on any atom is 0.267 e. The van der Waals surface area contributed by atoms with Crippen molar-refractivity contribution in [1.29, 1.82) is 0 Å². The summed E-state index contributed by atoms with van der Waals surface area (Å²) in [6.45, 7) is 3.22. The quantitative estimate of drug-likeness (QED) is 0.457. The number of aromatic amines is 1. The van der Waals surface area contributed by atoms with Crippen LogP contribution in [0.4, 0.5) is 13.2 Å². The fourth-order valence-electron chi connectivity index (χ4n) is 3.67. The number of pyridine rings is 1. The lowest BCUT2D eigenvalue weighted by Gasteiger charge is -2.12. The fourth-order valence-corrected chi connectivity index (χ4v) is 5.23. The van der Waals surface area contributed by atoms with E-state index < -0.39 is 50.1 Å². The molecule has 4 rings (SSSR count). The van der Waals surface area contributed by atoms with Gasteiger partial charge in [0.1, 0.15) is 22.8 Å². The van der Waals surface area contributed by atoms with Crippen LogP contribution < -0.4 is 5.73 Å². The molecule has 1 amide bonds. The smallest absolute Gasteiger partial charge is 0.267 e. The van der Waals surface area contributed by atoms with Crippen LogP contribution in [0.5, 0.6) is 0 Å². The van der Waals surface area contributed by atoms with Crippen LogP contribution in [0, 0.1) is 31.3 Å². The molecule has 0 spiro atoms. The highest BCUT2D eigenvalue weighted by Gasteiger charge is 2.26. The van der Waals surface area contributed by atoms with E-state index in [0.717, 1.165) is 18.2 Å². The van der Waals surface area contributed by atoms with Gasteiger partial charge in [-0.05, 0) is 38.1 Å². The number of carbonyl (C=O) groups is 1. The molecule has 170 valence electrons. The molecule has 0 unspecified atom stereocenters. The second-order valence-corrected chi connectivity index (χ2v) is 9.43. The number of H-pyrrole nitrogens is 1. The summed E-state index contributed by atoms with van der Waals surface area (Å²) in [6, 6.07) is 7.08. The lowest BCUT2D eigenvalue weighted by Crippen LogP contribution is -2.11. The van der Waals surface area contributed by atoms with E-state index in [2.05, 4.69) is 15.2 Å². The summed E-state index contributed by atoms with van der Waals surface area (Å²) in [5, 5.41) is 6.02. The summed E-state index contributed by atoms with van der Waals surface area (Å²) >= 11 is 0. The summed E-state index contributed by atoms with van der Waals surface area (Å²) in [4.78, 5) is 15.5. The zero-order valence-electron chi connectivity index (χ0n) is 17.4. The number of fused-ring (bicyclic) bond motifs is 1. The molecule has 33 heavy (non-hydrogen) atoms. The number of nitrogens with one attached hydrogen (secondary N) is 1. The van der Waals surface area contributed by atoms with Crippen molar-refractivity contribution in [1.82, 2.24) is 15.2 Å². The lowest BCUT2D eigenvalue weighted by atomic mass is 9.99. The Morgan fingerprint density at radius 3 is 2.42 bits per heavy atom. The first-order valence-electron chi connectivity index (χ1n) is 9.62. The van der Waals surface area contributed by atoms with Gasteiger partial charge in [-0.15, -0.1) is 0 Å². The second-order valence-electron chi connectivity index (χ2n) is 7.48. The minimum Gasteiger partial charge on any atom is -0.364 e. The first-order chi connectivity index (χ1) is 15.5. The minimum atomic E-state index is -4.03. The zero-order valence-corrected chi connectivity index (χ0v) is 18.2. The number of aryl methyl sites for hydroxylation is 2. The molecule has 0 atom stereocenters. The van der Waals surface area contributed by atoms with E-state index in [-0.39, 0.29) is 32.7 Å². The topological polar surface area (TPSA) is 119 Å². The number of sulfone groups is 1. The van der Waals surface area contributed by atoms with Crippen molar-refractivity contribution in [3.05, 3.63) is 76.5 Å². The van der Waals surface area contributed by atoms with E-state index in [4.69, 9.17) is 5.73 Å². The van der Waals surface area contributed by atoms with E-state index in [0.29, 0.717) is 5.69 Å². The van der Waals surface area contributed by atoms with Crippen LogP contribution in [0.2, 0.25) is 0 Å². The summed E-state index contributed by atoms with van der Waals surface area (Å²) in [6.07, 6.45) is 0. The summed E-state index contributed by atoms with van der Waals surface area (Å²) in [5.74, 6) is -5.07. The van der Waals surface area contributed by atoms with Gasteiger partial charge in [-0.3, -0.25) is 14.9 Å². The Kier molecular flexibility index (Phi) is 5.44. The molecule has 0 radical (unpaired) electrons. The third-order valence-electron chi connectivity index (χ3n) is 5.21. The molecule has 0 fully saturated rings. The van der Waals surface area contributed by atoms with E-state index in [1.807, 2.05) is 0 Å². The van der Waals surface area contributed by atoms with Crippen LogP contribution in [0.15, 0.2) is 41.3 Å². The normalized spacial score (nSPS) is 11.8. The van der Waals surface area contributed by atoms with Crippen LogP contribution in [0.3, 0.4) is 0 Å². The molecule has 0 aliphatic heterocycles. The Balaban J connectivity index is 1.83. The number of rotatable bonds is 5. The predicted octanol–water partition coefficient (Wildman–Crippen LogP) is 3.73. The molecule has 4 aromatic rings. The lowest BCUT2D eigenvalue weighted by molar-refractivity contribution is 0.0997. The zero-order chi connectivity index (χ0) is 24.1. The van der Waals surface area contributed by atoms with Gasteiger partial charge in [0.05, 0.1) is 21.9 Å². The van der Waals surface area contributed by atoms with Crippen LogP contribution in [0.1, 0.15) is 27.4 Å². The number of hydrogen-bond donors (Lipinski definition) is 2. The maximum absolute atomic E-state index is 15.4. The molecule has 0 aliphatic carbocycles. The molecule has 2 heterocycles. The number of primary amides is 1. The van der Waals surface area contributed by atoms with Crippen molar-refractivity contribution in [2.45, 2.75) is 24.5 Å². The van der Waals surface area contributed by atoms with Crippen molar-refractivity contribution in [2.24, 2.45) is 5.73 Å². The average molecular weight is 474 g/mol. The van der Waals surface area contributed by atoms with E-state index in [9.17, 15) is 17.6 Å². The third kappa shape index (κ3) is 3.84. The molecular weight excluding hydrogens is 457 g/mol. The van der Waals surface area contributed by atoms with Gasteiger partial charge in [-0.1, -0.05) is 12.1 Å². The van der Waals surface area contributed by atoms with Crippen LogP contribution in [0.25, 0.3) is 22.0 Å². The van der Waals surface area contributed by atoms with Crippen LogP contribution >= 0.6 is 0 Å². The molecule has 0 saturated heterocycles. The highest BCUT2D eigenvalue weighted by atomic mass is 32.2. The molecule has 0 saturated carbocycles. The predicted molar refractivity (Wildman–Crippen MR) is 115 cm³/mol. The first-order valence-corrected chi connectivity index (χ1v) is 11.3. The van der Waals surface area contributed by atoms with Crippen molar-refractivity contribution in [3.8, 4) is 11.1 Å². The van der Waals surface area contributed by atoms with Gasteiger partial charge in [0.2, 0.25) is 0 Å². The number of aromatic nitrogens is 3. The summed E-state index contributed by atoms with van der Waals surface area (Å²) in [5.41, 5.74) is 4.01. The van der Waals surface area contributed by atoms with Gasteiger partial charge in [0, 0.05) is 22.2 Å². The average Bonchev–Trinajstić information content (AvgIpc) is 3.17. The molecular formula is C22H17F3N4O3S. The minimum absolute atomic E-state index is 0.0469. The van der Waals surface area contributed by atoms with Gasteiger partial charge in [-0.2, -0.15) is 5.10 Å². The van der Waals surface area contributed by atoms with Gasteiger partial charge in [-0.25, -0.2) is 21.6 Å². The molecule has 2 aromatic carbocycles. The molecule has 11 heteroatoms. The van der Waals surface area contributed by atoms with Gasteiger partial charge in [0.25, 0.3) is 5.91 Å². The molecule has 7 nitrogen and oxygen atoms in total. The number of amides is 1. The number of nitrogens with two attached hydrogens (primary N) is 1. The van der Waals surface area contributed by atoms with Gasteiger partial charge in [0.15, 0.2) is 15.7 Å². The van der Waals surface area contributed by atoms with Crippen LogP contribution in [-0.4, -0.2) is 29.5 Å². The largest absolute Gasteiger partial charge is 0.364 e. The van der Waals surface area contributed by atoms with Crippen molar-refractivity contribution in [2.75, 3.05) is 0 Å². The molecule has 0 bridgehead atoms. The van der Waals surface area contributed by atoms with Gasteiger partial charge < -0.3 is 5.73 Å². The van der Waals surface area contributed by atoms with E-state index in [1.54, 1.807) is 6.92 Å². The Hall–Kier alpha value is -3.73. The van der Waals surface area contributed by atoms with Crippen LogP contribution in [-0.2, 0) is 15.6 Å². The first kappa shape index (κ1) is 22.5. The number of carbonyl (C=O) groups excluding carboxylic acids is 1. The van der Waals surface area contributed by atoms with E-state index in [1.165, 1.54) is 25.1 Å². The second kappa shape index (κ2) is 8.00. The number of halogens is 3. The number of hydrogen-bond acceptors (Lipinski definition) is 5. The number of nitrogens with zero attached hydrogens (tertiary/aromatic N) is 2. The van der Waals surface area contributed by atoms with Gasteiger partial charge >= 0.3 is 0 Å². The SMILES string of the molecule is Cc1ccc(S(=O)(=O)Cc2ccc(F)c(-c3ccc4c(C(N)=O)[nH]nc4c3F)c2F)c(C)n1. The highest BCUT2D eigenvalue weighted by molar-refractivity contribution is 7.90. The Labute approximate surface area is 186 Å². The van der Waals surface area contributed by atoms with Crippen molar-refractivity contribution < 1.29 is 26.4 Å². The standard InChI is InChI=1S/C22H17F3N4O3S/c1-10-3-8-16(11(2)27-10)33(31,32)9-12-4-7-15(23)17(18(12)24)13-5-6-14-20(19(13)25)28-29-21(14)22(26)30/h3-8H,9H2,1-2H3,(H2,26,30)(H,28,29). The Morgan fingerprint density at radius 1 is 1.03 bits per heavy atom. The maximum atomic E-state index is 15.4. The third-order valence-corrected chi connectivity index (χ3v) is 7.00. The number of benzene rings is 2. The van der Waals surface area contributed by atoms with Crippen molar-refractivity contribution in [3.63, 3.8) is 0 Å². The van der Waals surface area contributed by atoms with Crippen molar-refractivity contribution >= 4 is 26.6 Å².